The maximum absolute atomic E-state index is 13.2. The number of nitrogens with one attached hydrogen (secondary N) is 2. The van der Waals surface area contributed by atoms with Crippen LogP contribution in [-0.2, 0) is 25.8 Å². The summed E-state index contributed by atoms with van der Waals surface area (Å²) in [5, 5.41) is 0.793. The van der Waals surface area contributed by atoms with Crippen LogP contribution in [0.3, 0.4) is 0 Å². The van der Waals surface area contributed by atoms with Crippen LogP contribution in [-0.4, -0.2) is 82.0 Å². The first-order chi connectivity index (χ1) is 39.2. The van der Waals surface area contributed by atoms with Crippen molar-refractivity contribution in [3.8, 4) is 56.5 Å². The molecule has 5 aromatic carbocycles. The van der Waals surface area contributed by atoms with Gasteiger partial charge in [-0.25, -0.2) is 27.3 Å². The molecule has 1 aliphatic carbocycles. The fourth-order valence-corrected chi connectivity index (χ4v) is 11.9. The van der Waals surface area contributed by atoms with E-state index in [-0.39, 0.29) is 24.6 Å². The maximum atomic E-state index is 13.2. The first kappa shape index (κ1) is 58.9. The molecule has 0 saturated carbocycles. The van der Waals surface area contributed by atoms with Crippen molar-refractivity contribution in [3.63, 3.8) is 0 Å². The Labute approximate surface area is 495 Å². The zero-order valence-corrected chi connectivity index (χ0v) is 51.1. The summed E-state index contributed by atoms with van der Waals surface area (Å²) in [5.41, 5.74) is 17.5. The predicted octanol–water partition coefficient (Wildman–Crippen LogP) is 14.4. The van der Waals surface area contributed by atoms with Gasteiger partial charge in [-0.1, -0.05) is 84.4 Å². The number of alkyl halides is 1. The van der Waals surface area contributed by atoms with Gasteiger partial charge in [0.1, 0.15) is 23.1 Å². The van der Waals surface area contributed by atoms with Crippen LogP contribution in [0.15, 0.2) is 164 Å². The van der Waals surface area contributed by atoms with Crippen molar-refractivity contribution in [2.75, 3.05) is 21.4 Å². The van der Waals surface area contributed by atoms with Gasteiger partial charge in [0.2, 0.25) is 0 Å². The van der Waals surface area contributed by atoms with Gasteiger partial charge in [0.15, 0.2) is 5.65 Å². The van der Waals surface area contributed by atoms with Crippen molar-refractivity contribution in [1.82, 2.24) is 33.9 Å². The minimum absolute atomic E-state index is 0. The quantitative estimate of drug-likeness (QED) is 0.0997. The molecule has 0 unspecified atom stereocenters. The molecule has 1 saturated heterocycles. The largest absolute Gasteiger partial charge is 0.496 e. The molecule has 12 rings (SSSR count). The first-order valence-electron chi connectivity index (χ1n) is 26.7. The Balaban J connectivity index is 0.000000163. The van der Waals surface area contributed by atoms with E-state index >= 15 is 0 Å². The number of hydrogen-bond acceptors (Lipinski definition) is 10. The SMILES string of the molecule is CC1(C)OB(c2ccc(-c3ncc[nH]3)cc2)OC1(C)C.CF.COc1cc(-c2cnc3c(c2)C(c2ccc(-c4ncc[nH]4)cc2)=CC3)cc(C)c1C.COc1cc(-c2cnc3c(c2)c(I)cn3S(=O)(=O)c2ccc(C)cc2)cc(C)c1C.[2HH]. The molecule has 10 aromatic rings. The van der Waals surface area contributed by atoms with Crippen molar-refractivity contribution in [2.24, 2.45) is 0 Å². The Morgan fingerprint density at radius 2 is 1.13 bits per heavy atom. The molecule has 422 valence electrons. The van der Waals surface area contributed by atoms with Crippen LogP contribution in [0.1, 0.15) is 73.8 Å². The number of H-pyrrole nitrogens is 2. The Morgan fingerprint density at radius 3 is 1.65 bits per heavy atom. The highest BCUT2D eigenvalue weighted by molar-refractivity contribution is 14.1. The third-order valence-electron chi connectivity index (χ3n) is 15.4. The molecule has 0 spiro atoms. The van der Waals surface area contributed by atoms with E-state index in [0.717, 1.165) is 99.8 Å². The summed E-state index contributed by atoms with van der Waals surface area (Å²) in [5.74, 6) is 3.48. The van der Waals surface area contributed by atoms with Gasteiger partial charge < -0.3 is 28.8 Å². The van der Waals surface area contributed by atoms with Gasteiger partial charge in [-0.3, -0.25) is 9.37 Å². The monoisotopic (exact) mass is 1230 g/mol. The fraction of sp³-hybridized carbons (Fsp3) is 0.231. The number of pyridine rings is 2. The fourth-order valence-electron chi connectivity index (χ4n) is 9.68. The zero-order valence-electron chi connectivity index (χ0n) is 48.1. The molecule has 1 aliphatic heterocycles. The third-order valence-corrected chi connectivity index (χ3v) is 17.9. The summed E-state index contributed by atoms with van der Waals surface area (Å²) >= 11 is 2.16. The highest BCUT2D eigenvalue weighted by atomic mass is 127. The molecule has 5 aromatic heterocycles. The lowest BCUT2D eigenvalue weighted by molar-refractivity contribution is 0.00578. The highest BCUT2D eigenvalue weighted by Gasteiger charge is 2.51. The number of aromatic nitrogens is 7. The number of fused-ring (bicyclic) bond motifs is 2. The molecule has 6 heterocycles. The molecule has 0 atom stereocenters. The molecule has 17 heteroatoms. The number of imidazole rings is 2. The van der Waals surface area contributed by atoms with E-state index in [1.165, 1.54) is 31.8 Å². The minimum Gasteiger partial charge on any atom is -0.496 e. The van der Waals surface area contributed by atoms with E-state index in [1.54, 1.807) is 63.3 Å². The van der Waals surface area contributed by atoms with Crippen molar-refractivity contribution < 1.29 is 33.0 Å². The Hall–Kier alpha value is -7.71. The summed E-state index contributed by atoms with van der Waals surface area (Å²) in [7, 11) is -0.166. The average molecular weight is 1230 g/mol. The number of halogens is 2. The van der Waals surface area contributed by atoms with Crippen molar-refractivity contribution in [1.29, 1.82) is 0 Å². The van der Waals surface area contributed by atoms with Crippen LogP contribution >= 0.6 is 22.6 Å². The maximum Gasteiger partial charge on any atom is 0.494 e. The second-order valence-electron chi connectivity index (χ2n) is 21.1. The van der Waals surface area contributed by atoms with Crippen LogP contribution in [0.4, 0.5) is 4.39 Å². The van der Waals surface area contributed by atoms with E-state index in [4.69, 9.17) is 23.8 Å². The number of rotatable bonds is 10. The number of allylic oxidation sites excluding steroid dienone is 1. The lowest BCUT2D eigenvalue weighted by Gasteiger charge is -2.32. The third kappa shape index (κ3) is 12.1. The van der Waals surface area contributed by atoms with Gasteiger partial charge in [-0.05, 0) is 171 Å². The molecule has 2 aliphatic rings. The van der Waals surface area contributed by atoms with Crippen molar-refractivity contribution in [3.05, 3.63) is 207 Å². The molecular weight excluding hydrogens is 1160 g/mol. The number of nitrogens with zero attached hydrogens (tertiary/aromatic N) is 5. The molecule has 13 nitrogen and oxygen atoms in total. The van der Waals surface area contributed by atoms with Gasteiger partial charge in [0.25, 0.3) is 10.0 Å². The minimum atomic E-state index is -3.73. The Kier molecular flexibility index (Phi) is 17.5. The molecule has 0 bridgehead atoms. The molecule has 2 N–H and O–H groups in total. The first-order valence-corrected chi connectivity index (χ1v) is 29.2. The van der Waals surface area contributed by atoms with Crippen LogP contribution in [0.5, 0.6) is 11.5 Å². The summed E-state index contributed by atoms with van der Waals surface area (Å²) in [6.45, 7) is 18.4. The number of benzene rings is 5. The highest BCUT2D eigenvalue weighted by Crippen LogP contribution is 2.39. The van der Waals surface area contributed by atoms with Crippen LogP contribution < -0.4 is 14.9 Å². The number of aryl methyl sites for hydroxylation is 3. The van der Waals surface area contributed by atoms with E-state index in [2.05, 4.69) is 144 Å². The van der Waals surface area contributed by atoms with Gasteiger partial charge in [-0.2, -0.15) is 0 Å². The number of methoxy groups -OCH3 is 2. The Morgan fingerprint density at radius 1 is 0.634 bits per heavy atom. The predicted molar refractivity (Wildman–Crippen MR) is 337 cm³/mol. The number of ether oxygens (including phenoxy) is 2. The molecule has 0 amide bonds. The van der Waals surface area contributed by atoms with E-state index in [1.807, 2.05) is 75.8 Å². The van der Waals surface area contributed by atoms with Crippen molar-refractivity contribution >= 4 is 61.8 Å². The molecule has 82 heavy (non-hydrogen) atoms. The van der Waals surface area contributed by atoms with Crippen LogP contribution in [0.25, 0.3) is 61.6 Å². The standard InChI is InChI=1S/C26H23N3O.C23H21IN2O3S.C15H19BN2O2.CH3F.H2/c1-16-12-20(14-25(30-3)17(16)2)21-13-23-22(8-9-24(23)29-15-21)18-4-6-19(7-5-18)26-27-10-11-28-26;1-14-5-7-19(8-6-14)30(27,28)26-13-21(24)20-10-18(12-25-23(20)26)17-9-15(2)16(3)22(11-17)29-4;1-14(2)15(3,4)20-16(19-14)12-7-5-11(6-8-12)13-17-9-10-18-13;1-2;/h4-8,10-15H,9H2,1-3H3,(H,27,28);5-13H,1-4H3;5-10H,1-4H3,(H,17,18);1H3;1H/i;;;;1+1. The topological polar surface area (TPSA) is 159 Å². The zero-order chi connectivity index (χ0) is 58.7. The number of aromatic amines is 2. The van der Waals surface area contributed by atoms with E-state index in [9.17, 15) is 12.8 Å². The van der Waals surface area contributed by atoms with Crippen LogP contribution in [0.2, 0.25) is 0 Å². The van der Waals surface area contributed by atoms with Crippen molar-refractivity contribution in [2.45, 2.75) is 84.8 Å². The van der Waals surface area contributed by atoms with Crippen LogP contribution in [0, 0.1) is 38.2 Å². The lowest BCUT2D eigenvalue weighted by Crippen LogP contribution is -2.41. The van der Waals surface area contributed by atoms with Gasteiger partial charge in [0.05, 0.1) is 43.2 Å². The average Bonchev–Trinajstić information content (AvgIpc) is 4.57. The number of hydrogen-bond donors (Lipinski definition) is 2. The second-order valence-corrected chi connectivity index (χ2v) is 24.1. The molecule has 1 fully saturated rings. The van der Waals surface area contributed by atoms with Gasteiger partial charge >= 0.3 is 7.12 Å². The van der Waals surface area contributed by atoms with Gasteiger partial charge in [0, 0.05) is 88.0 Å². The summed E-state index contributed by atoms with van der Waals surface area (Å²) in [6.07, 6.45) is 15.6. The van der Waals surface area contributed by atoms with E-state index < -0.39 is 10.0 Å². The summed E-state index contributed by atoms with van der Waals surface area (Å²) in [4.78, 5) is 24.4. The van der Waals surface area contributed by atoms with E-state index in [0.29, 0.717) is 12.8 Å². The lowest BCUT2D eigenvalue weighted by atomic mass is 9.79. The second kappa shape index (κ2) is 24.4. The molecular formula is C65H68BFIN7O6S. The summed E-state index contributed by atoms with van der Waals surface area (Å²) in [6, 6.07) is 36.1. The van der Waals surface area contributed by atoms with Gasteiger partial charge in [-0.15, -0.1) is 0 Å². The molecule has 0 radical (unpaired) electrons. The smallest absolute Gasteiger partial charge is 0.494 e. The summed E-state index contributed by atoms with van der Waals surface area (Å²) < 4.78 is 61.1. The Bertz CT molecular complexity index is 4030. The normalized spacial score (nSPS) is 13.9.